The molecule has 0 saturated carbocycles. The number of nitrogens with one attached hydrogen (secondary N) is 1. The van der Waals surface area contributed by atoms with Gasteiger partial charge >= 0.3 is 0 Å². The molecule has 0 saturated heterocycles. The summed E-state index contributed by atoms with van der Waals surface area (Å²) in [5.41, 5.74) is 1.13. The minimum atomic E-state index is -3.77. The van der Waals surface area contributed by atoms with Crippen LogP contribution in [0.4, 0.5) is 5.69 Å². The van der Waals surface area contributed by atoms with Crippen molar-refractivity contribution in [3.8, 4) is 0 Å². The number of hydrogen-bond donors (Lipinski definition) is 1. The lowest BCUT2D eigenvalue weighted by atomic mass is 10.1. The van der Waals surface area contributed by atoms with Crippen LogP contribution in [-0.4, -0.2) is 50.0 Å². The quantitative estimate of drug-likeness (QED) is 0.427. The average Bonchev–Trinajstić information content (AvgIpc) is 2.77. The van der Waals surface area contributed by atoms with Crippen molar-refractivity contribution in [2.45, 2.75) is 52.2 Å². The molecule has 1 N–H and O–H groups in total. The van der Waals surface area contributed by atoms with E-state index in [9.17, 15) is 18.0 Å². The van der Waals surface area contributed by atoms with Crippen molar-refractivity contribution >= 4 is 55.1 Å². The zero-order valence-electron chi connectivity index (χ0n) is 19.8. The molecule has 0 fully saturated rings. The van der Waals surface area contributed by atoms with E-state index in [4.69, 9.17) is 11.6 Å². The molecule has 0 aromatic heterocycles. The molecule has 0 heterocycles. The normalized spacial score (nSPS) is 13.1. The number of rotatable bonds is 11. The minimum absolute atomic E-state index is 0.0526. The molecule has 0 spiro atoms. The molecule has 0 bridgehead atoms. The van der Waals surface area contributed by atoms with Crippen molar-refractivity contribution in [1.82, 2.24) is 10.2 Å². The molecule has 7 nitrogen and oxygen atoms in total. The van der Waals surface area contributed by atoms with Crippen LogP contribution >= 0.6 is 27.5 Å². The van der Waals surface area contributed by atoms with E-state index in [0.717, 1.165) is 22.5 Å². The van der Waals surface area contributed by atoms with Crippen LogP contribution in [0.5, 0.6) is 0 Å². The summed E-state index contributed by atoms with van der Waals surface area (Å²) in [6.45, 7) is 5.39. The van der Waals surface area contributed by atoms with Crippen LogP contribution in [0.1, 0.15) is 39.2 Å². The first-order valence-electron chi connectivity index (χ1n) is 11.0. The summed E-state index contributed by atoms with van der Waals surface area (Å²) in [5.74, 6) is -0.751. The second-order valence-electron chi connectivity index (χ2n) is 8.14. The third kappa shape index (κ3) is 7.99. The average molecular weight is 573 g/mol. The van der Waals surface area contributed by atoms with E-state index in [1.807, 2.05) is 20.8 Å². The van der Waals surface area contributed by atoms with Crippen LogP contribution in [0.2, 0.25) is 5.02 Å². The van der Waals surface area contributed by atoms with Crippen LogP contribution in [0.15, 0.2) is 53.0 Å². The van der Waals surface area contributed by atoms with Gasteiger partial charge in [-0.2, -0.15) is 0 Å². The molecule has 34 heavy (non-hydrogen) atoms. The molecule has 2 aromatic rings. The summed E-state index contributed by atoms with van der Waals surface area (Å²) in [6, 6.07) is 12.9. The fourth-order valence-corrected chi connectivity index (χ4v) is 4.75. The van der Waals surface area contributed by atoms with Crippen LogP contribution < -0.4 is 9.62 Å². The van der Waals surface area contributed by atoms with Crippen LogP contribution in [0, 0.1) is 0 Å². The van der Waals surface area contributed by atoms with E-state index in [-0.39, 0.29) is 18.5 Å². The van der Waals surface area contributed by atoms with E-state index >= 15 is 0 Å². The topological polar surface area (TPSA) is 86.8 Å². The predicted octanol–water partition coefficient (Wildman–Crippen LogP) is 4.59. The fraction of sp³-hybridized carbons (Fsp3) is 0.417. The van der Waals surface area contributed by atoms with Gasteiger partial charge in [0.05, 0.1) is 11.9 Å². The Hall–Kier alpha value is -2.10. The molecule has 186 valence electrons. The van der Waals surface area contributed by atoms with Gasteiger partial charge in [0.1, 0.15) is 12.6 Å². The highest BCUT2D eigenvalue weighted by molar-refractivity contribution is 9.10. The van der Waals surface area contributed by atoms with Crippen molar-refractivity contribution in [3.05, 3.63) is 63.6 Å². The molecule has 0 aliphatic rings. The summed E-state index contributed by atoms with van der Waals surface area (Å²) in [5, 5.41) is 3.50. The van der Waals surface area contributed by atoms with Gasteiger partial charge in [-0.15, -0.1) is 0 Å². The number of hydrogen-bond acceptors (Lipinski definition) is 4. The van der Waals surface area contributed by atoms with Crippen molar-refractivity contribution in [2.75, 3.05) is 17.1 Å². The van der Waals surface area contributed by atoms with Gasteiger partial charge in [-0.1, -0.05) is 59.6 Å². The Bertz CT molecular complexity index is 1100. The van der Waals surface area contributed by atoms with Crippen LogP contribution in [-0.2, 0) is 26.2 Å². The number of benzene rings is 2. The largest absolute Gasteiger partial charge is 0.352 e. The number of nitrogens with zero attached hydrogens (tertiary/aromatic N) is 2. The first-order chi connectivity index (χ1) is 16.0. The Morgan fingerprint density at radius 3 is 2.26 bits per heavy atom. The molecule has 0 unspecified atom stereocenters. The number of anilines is 1. The van der Waals surface area contributed by atoms with E-state index in [1.54, 1.807) is 48.5 Å². The van der Waals surface area contributed by atoms with Gasteiger partial charge in [-0.05, 0) is 55.7 Å². The summed E-state index contributed by atoms with van der Waals surface area (Å²) in [6.07, 6.45) is 2.17. The van der Waals surface area contributed by atoms with Gasteiger partial charge in [-0.3, -0.25) is 13.9 Å². The van der Waals surface area contributed by atoms with E-state index in [1.165, 1.54) is 4.90 Å². The first-order valence-corrected chi connectivity index (χ1v) is 14.1. The minimum Gasteiger partial charge on any atom is -0.352 e. The van der Waals surface area contributed by atoms with Crippen LogP contribution in [0.3, 0.4) is 0 Å². The molecule has 2 atom stereocenters. The predicted molar refractivity (Wildman–Crippen MR) is 140 cm³/mol. The fourth-order valence-electron chi connectivity index (χ4n) is 3.39. The molecular weight excluding hydrogens is 542 g/mol. The first kappa shape index (κ1) is 28.1. The summed E-state index contributed by atoms with van der Waals surface area (Å²) < 4.78 is 26.9. The second kappa shape index (κ2) is 12.6. The standard InChI is InChI=1S/C24H31BrClN3O4S/c1-5-17(3)27-24(31)22(6-2)28(15-18-10-12-20(26)13-11-18)23(30)16-29(34(4,32)33)21-9-7-8-19(25)14-21/h7-14,17,22H,5-6,15-16H2,1-4H3,(H,27,31)/t17-,22-/m1/s1. The third-order valence-electron chi connectivity index (χ3n) is 5.43. The lowest BCUT2D eigenvalue weighted by Crippen LogP contribution is -2.53. The van der Waals surface area contributed by atoms with E-state index in [2.05, 4.69) is 21.2 Å². The summed E-state index contributed by atoms with van der Waals surface area (Å²) in [7, 11) is -3.77. The maximum atomic E-state index is 13.6. The van der Waals surface area contributed by atoms with Gasteiger partial charge in [0, 0.05) is 22.1 Å². The Balaban J connectivity index is 2.43. The molecule has 2 amide bonds. The second-order valence-corrected chi connectivity index (χ2v) is 11.4. The highest BCUT2D eigenvalue weighted by Gasteiger charge is 2.32. The SMILES string of the molecule is CC[C@@H](C)NC(=O)[C@@H](CC)N(Cc1ccc(Cl)cc1)C(=O)CN(c1cccc(Br)c1)S(C)(=O)=O. The maximum absolute atomic E-state index is 13.6. The monoisotopic (exact) mass is 571 g/mol. The maximum Gasteiger partial charge on any atom is 0.244 e. The molecular formula is C24H31BrClN3O4S. The molecule has 10 heteroatoms. The number of amides is 2. The number of sulfonamides is 1. The van der Waals surface area contributed by atoms with Gasteiger partial charge in [0.15, 0.2) is 0 Å². The highest BCUT2D eigenvalue weighted by Crippen LogP contribution is 2.23. The molecule has 2 rings (SSSR count). The van der Waals surface area contributed by atoms with E-state index in [0.29, 0.717) is 21.6 Å². The van der Waals surface area contributed by atoms with Crippen molar-refractivity contribution in [2.24, 2.45) is 0 Å². The number of carbonyl (C=O) groups is 2. The molecule has 2 aromatic carbocycles. The third-order valence-corrected chi connectivity index (χ3v) is 7.31. The molecule has 0 aliphatic heterocycles. The Kier molecular flexibility index (Phi) is 10.4. The van der Waals surface area contributed by atoms with Gasteiger partial charge in [0.2, 0.25) is 21.8 Å². The number of carbonyl (C=O) groups excluding carboxylic acids is 2. The van der Waals surface area contributed by atoms with Gasteiger partial charge in [0.25, 0.3) is 0 Å². The van der Waals surface area contributed by atoms with Gasteiger partial charge in [-0.25, -0.2) is 8.42 Å². The highest BCUT2D eigenvalue weighted by atomic mass is 79.9. The van der Waals surface area contributed by atoms with Crippen LogP contribution in [0.25, 0.3) is 0 Å². The summed E-state index contributed by atoms with van der Waals surface area (Å²) in [4.78, 5) is 28.1. The Morgan fingerprint density at radius 1 is 1.09 bits per heavy atom. The van der Waals surface area contributed by atoms with Crippen molar-refractivity contribution in [3.63, 3.8) is 0 Å². The molecule has 0 radical (unpaired) electrons. The lowest BCUT2D eigenvalue weighted by molar-refractivity contribution is -0.140. The lowest BCUT2D eigenvalue weighted by Gasteiger charge is -2.33. The Labute approximate surface area is 215 Å². The zero-order chi connectivity index (χ0) is 25.5. The zero-order valence-corrected chi connectivity index (χ0v) is 23.0. The van der Waals surface area contributed by atoms with Crippen molar-refractivity contribution in [1.29, 1.82) is 0 Å². The summed E-state index contributed by atoms with van der Waals surface area (Å²) >= 11 is 9.35. The van der Waals surface area contributed by atoms with Gasteiger partial charge < -0.3 is 10.2 Å². The number of halogens is 2. The van der Waals surface area contributed by atoms with E-state index < -0.39 is 28.5 Å². The van der Waals surface area contributed by atoms with Crippen molar-refractivity contribution < 1.29 is 18.0 Å². The molecule has 0 aliphatic carbocycles. The smallest absolute Gasteiger partial charge is 0.244 e. The Morgan fingerprint density at radius 2 is 1.74 bits per heavy atom.